The molecule has 0 saturated heterocycles. The molecule has 0 radical (unpaired) electrons. The number of ether oxygens (including phenoxy) is 2. The van der Waals surface area contributed by atoms with Crippen LogP contribution in [0.5, 0.6) is 11.5 Å². The number of hydrogen-bond donors (Lipinski definition) is 1. The van der Waals surface area contributed by atoms with E-state index in [0.29, 0.717) is 17.7 Å². The number of carbonyl (C=O) groups excluding carboxylic acids is 1. The lowest BCUT2D eigenvalue weighted by Gasteiger charge is -2.11. The number of benzene rings is 2. The predicted octanol–water partition coefficient (Wildman–Crippen LogP) is 4.34. The maximum Gasteiger partial charge on any atom is 0.573 e. The van der Waals surface area contributed by atoms with Crippen LogP contribution in [0.25, 0.3) is 11.0 Å². The second kappa shape index (κ2) is 7.63. The molecule has 0 aliphatic rings. The number of alkyl halides is 3. The van der Waals surface area contributed by atoms with Crippen molar-refractivity contribution in [3.05, 3.63) is 64.5 Å². The van der Waals surface area contributed by atoms with Crippen LogP contribution in [-0.4, -0.2) is 18.9 Å². The highest BCUT2D eigenvalue weighted by atomic mass is 19.4. The summed E-state index contributed by atoms with van der Waals surface area (Å²) in [5, 5.41) is 2.91. The van der Waals surface area contributed by atoms with Gasteiger partial charge in [-0.1, -0.05) is 0 Å². The van der Waals surface area contributed by atoms with Crippen LogP contribution in [0.1, 0.15) is 17.3 Å². The van der Waals surface area contributed by atoms with E-state index in [1.807, 2.05) is 0 Å². The van der Waals surface area contributed by atoms with Crippen molar-refractivity contribution >= 4 is 22.6 Å². The van der Waals surface area contributed by atoms with Gasteiger partial charge < -0.3 is 19.2 Å². The van der Waals surface area contributed by atoms with Crippen molar-refractivity contribution in [1.82, 2.24) is 0 Å². The van der Waals surface area contributed by atoms with E-state index < -0.39 is 23.6 Å². The first-order chi connectivity index (χ1) is 13.2. The summed E-state index contributed by atoms with van der Waals surface area (Å²) in [6, 6.07) is 10.4. The maximum atomic E-state index is 12.6. The van der Waals surface area contributed by atoms with Crippen LogP contribution in [0.2, 0.25) is 0 Å². The van der Waals surface area contributed by atoms with E-state index >= 15 is 0 Å². The maximum absolute atomic E-state index is 12.6. The van der Waals surface area contributed by atoms with E-state index in [0.717, 1.165) is 18.2 Å². The van der Waals surface area contributed by atoms with E-state index in [-0.39, 0.29) is 16.8 Å². The summed E-state index contributed by atoms with van der Waals surface area (Å²) in [4.78, 5) is 24.4. The molecule has 1 heterocycles. The van der Waals surface area contributed by atoms with Gasteiger partial charge in [-0.3, -0.25) is 4.79 Å². The minimum atomic E-state index is -4.80. The Labute approximate surface area is 156 Å². The van der Waals surface area contributed by atoms with Gasteiger partial charge in [0.2, 0.25) is 0 Å². The minimum Gasteiger partial charge on any atom is -0.494 e. The Morgan fingerprint density at radius 1 is 1.07 bits per heavy atom. The molecule has 0 saturated carbocycles. The molecule has 0 unspecified atom stereocenters. The first-order valence-corrected chi connectivity index (χ1v) is 8.13. The SMILES string of the molecule is CCOc1ccc2c(C(=O)Nc3ccc(OC(F)(F)F)cc3)cc(=O)oc2c1. The van der Waals surface area contributed by atoms with Crippen LogP contribution in [-0.2, 0) is 0 Å². The lowest BCUT2D eigenvalue weighted by molar-refractivity contribution is -0.274. The minimum absolute atomic E-state index is 0.0601. The highest BCUT2D eigenvalue weighted by Crippen LogP contribution is 2.26. The quantitative estimate of drug-likeness (QED) is 0.653. The third-order valence-electron chi connectivity index (χ3n) is 3.62. The molecule has 0 bridgehead atoms. The summed E-state index contributed by atoms with van der Waals surface area (Å²) in [6.07, 6.45) is -4.80. The van der Waals surface area contributed by atoms with Gasteiger partial charge in [0.05, 0.1) is 12.2 Å². The summed E-state index contributed by atoms with van der Waals surface area (Å²) in [5.74, 6) is -0.553. The van der Waals surface area contributed by atoms with Gasteiger partial charge >= 0.3 is 12.0 Å². The number of rotatable bonds is 5. The Bertz CT molecular complexity index is 1060. The predicted molar refractivity (Wildman–Crippen MR) is 94.7 cm³/mol. The molecule has 0 atom stereocenters. The monoisotopic (exact) mass is 393 g/mol. The summed E-state index contributed by atoms with van der Waals surface area (Å²) in [6.45, 7) is 2.22. The number of carbonyl (C=O) groups is 1. The zero-order valence-electron chi connectivity index (χ0n) is 14.5. The zero-order chi connectivity index (χ0) is 20.3. The number of nitrogens with one attached hydrogen (secondary N) is 1. The number of halogens is 3. The fourth-order valence-corrected chi connectivity index (χ4v) is 2.53. The van der Waals surface area contributed by atoms with Gasteiger partial charge in [-0.15, -0.1) is 13.2 Å². The molecule has 3 aromatic rings. The van der Waals surface area contributed by atoms with Gasteiger partial charge in [-0.05, 0) is 43.3 Å². The molecule has 0 spiro atoms. The van der Waals surface area contributed by atoms with Crippen molar-refractivity contribution in [1.29, 1.82) is 0 Å². The van der Waals surface area contributed by atoms with E-state index in [1.54, 1.807) is 19.1 Å². The highest BCUT2D eigenvalue weighted by Gasteiger charge is 2.31. The second-order valence-electron chi connectivity index (χ2n) is 5.60. The highest BCUT2D eigenvalue weighted by molar-refractivity contribution is 6.12. The zero-order valence-corrected chi connectivity index (χ0v) is 14.5. The number of hydrogen-bond acceptors (Lipinski definition) is 5. The molecule has 1 amide bonds. The molecule has 1 aromatic heterocycles. The largest absolute Gasteiger partial charge is 0.573 e. The lowest BCUT2D eigenvalue weighted by Crippen LogP contribution is -2.17. The van der Waals surface area contributed by atoms with Gasteiger partial charge in [0.25, 0.3) is 5.91 Å². The molecule has 28 heavy (non-hydrogen) atoms. The molecule has 1 N–H and O–H groups in total. The molecule has 0 aliphatic heterocycles. The summed E-state index contributed by atoms with van der Waals surface area (Å²) < 4.78 is 50.8. The van der Waals surface area contributed by atoms with Crippen molar-refractivity contribution in [2.24, 2.45) is 0 Å². The Morgan fingerprint density at radius 3 is 2.39 bits per heavy atom. The third kappa shape index (κ3) is 4.61. The van der Waals surface area contributed by atoms with Gasteiger partial charge in [0, 0.05) is 23.2 Å². The average molecular weight is 393 g/mol. The molecule has 9 heteroatoms. The normalized spacial score (nSPS) is 11.3. The Hall–Kier alpha value is -3.49. The molecular weight excluding hydrogens is 379 g/mol. The standard InChI is InChI=1S/C19H14F3NO5/c1-2-26-13-7-8-14-15(10-17(24)27-16(14)9-13)18(25)23-11-3-5-12(6-4-11)28-19(20,21)22/h3-10H,2H2,1H3,(H,23,25). The number of fused-ring (bicyclic) bond motifs is 1. The summed E-state index contributed by atoms with van der Waals surface area (Å²) in [7, 11) is 0. The van der Waals surface area contributed by atoms with Crippen LogP contribution >= 0.6 is 0 Å². The van der Waals surface area contributed by atoms with Crippen LogP contribution < -0.4 is 20.4 Å². The molecule has 3 rings (SSSR count). The van der Waals surface area contributed by atoms with Crippen molar-refractivity contribution in [3.8, 4) is 11.5 Å². The van der Waals surface area contributed by atoms with E-state index in [4.69, 9.17) is 9.15 Å². The molecular formula is C19H14F3NO5. The Morgan fingerprint density at radius 2 is 1.75 bits per heavy atom. The lowest BCUT2D eigenvalue weighted by atomic mass is 10.1. The van der Waals surface area contributed by atoms with Crippen molar-refractivity contribution in [2.45, 2.75) is 13.3 Å². The van der Waals surface area contributed by atoms with Crippen molar-refractivity contribution in [3.63, 3.8) is 0 Å². The molecule has 0 aliphatic carbocycles. The van der Waals surface area contributed by atoms with Crippen molar-refractivity contribution in [2.75, 3.05) is 11.9 Å². The van der Waals surface area contributed by atoms with Crippen LogP contribution in [0.3, 0.4) is 0 Å². The van der Waals surface area contributed by atoms with Crippen LogP contribution in [0.4, 0.5) is 18.9 Å². The van der Waals surface area contributed by atoms with E-state index in [9.17, 15) is 22.8 Å². The van der Waals surface area contributed by atoms with E-state index in [1.165, 1.54) is 18.2 Å². The topological polar surface area (TPSA) is 77.8 Å². The van der Waals surface area contributed by atoms with Crippen LogP contribution in [0, 0.1) is 0 Å². The summed E-state index contributed by atoms with van der Waals surface area (Å²) in [5.41, 5.74) is -0.255. The smallest absolute Gasteiger partial charge is 0.494 e. The van der Waals surface area contributed by atoms with E-state index in [2.05, 4.69) is 10.1 Å². The summed E-state index contributed by atoms with van der Waals surface area (Å²) >= 11 is 0. The number of anilines is 1. The van der Waals surface area contributed by atoms with Gasteiger partial charge in [-0.2, -0.15) is 0 Å². The van der Waals surface area contributed by atoms with Gasteiger partial charge in [-0.25, -0.2) is 4.79 Å². The molecule has 2 aromatic carbocycles. The van der Waals surface area contributed by atoms with Crippen LogP contribution in [0.15, 0.2) is 57.7 Å². The molecule has 0 fully saturated rings. The Balaban J connectivity index is 1.86. The Kier molecular flexibility index (Phi) is 5.25. The average Bonchev–Trinajstić information content (AvgIpc) is 2.61. The molecule has 6 nitrogen and oxygen atoms in total. The first kappa shape index (κ1) is 19.3. The second-order valence-corrected chi connectivity index (χ2v) is 5.60. The van der Waals surface area contributed by atoms with Gasteiger partial charge in [0.15, 0.2) is 0 Å². The van der Waals surface area contributed by atoms with Gasteiger partial charge in [0.1, 0.15) is 17.1 Å². The number of amides is 1. The van der Waals surface area contributed by atoms with Crippen molar-refractivity contribution < 1.29 is 31.9 Å². The third-order valence-corrected chi connectivity index (χ3v) is 3.62. The first-order valence-electron chi connectivity index (χ1n) is 8.13. The fourth-order valence-electron chi connectivity index (χ4n) is 2.53. The fraction of sp³-hybridized carbons (Fsp3) is 0.158. The molecule has 146 valence electrons.